The first-order valence-electron chi connectivity index (χ1n) is 50.0. The molecule has 0 aliphatic carbocycles. The summed E-state index contributed by atoms with van der Waals surface area (Å²) in [6, 6.07) is -8.11. The summed E-state index contributed by atoms with van der Waals surface area (Å²) in [6.07, 6.45) is -2.09. The molecule has 2 aromatic carbocycles. The second-order valence-corrected chi connectivity index (χ2v) is 41.4. The molecule has 4 saturated heterocycles. The highest BCUT2D eigenvalue weighted by atomic mass is 32.2. The first-order valence-corrected chi connectivity index (χ1v) is 53.5. The van der Waals surface area contributed by atoms with E-state index in [9.17, 15) is 24.3 Å². The van der Waals surface area contributed by atoms with Crippen LogP contribution in [0.15, 0.2) is 54.7 Å². The lowest BCUT2D eigenvalue weighted by molar-refractivity contribution is -0.158. The van der Waals surface area contributed by atoms with Crippen molar-refractivity contribution in [2.24, 2.45) is 52.0 Å². The Morgan fingerprint density at radius 2 is 0.913 bits per heavy atom. The van der Waals surface area contributed by atoms with Crippen molar-refractivity contribution in [3.8, 4) is 0 Å². The van der Waals surface area contributed by atoms with Gasteiger partial charge in [-0.15, -0.1) is 0 Å². The van der Waals surface area contributed by atoms with E-state index in [1.165, 1.54) is 19.6 Å². The number of benzene rings is 2. The minimum atomic E-state index is -1.78. The first kappa shape index (κ1) is 123. The van der Waals surface area contributed by atoms with E-state index < -0.39 is 278 Å². The Morgan fingerprint density at radius 1 is 0.473 bits per heavy atom. The van der Waals surface area contributed by atoms with Crippen LogP contribution in [-0.4, -0.2) is 344 Å². The highest BCUT2D eigenvalue weighted by Gasteiger charge is 2.44. The monoisotopic (exact) mass is 2160 g/mol. The molecular weight excluding hydrogens is 2010 g/mol. The van der Waals surface area contributed by atoms with E-state index in [1.807, 2.05) is 6.92 Å². The molecule has 0 unspecified atom stereocenters. The topological polar surface area (TPSA) is 862 Å². The molecule has 828 valence electrons. The van der Waals surface area contributed by atoms with Crippen LogP contribution in [0.3, 0.4) is 0 Å². The number of hydrogen-bond acceptors (Lipinski definition) is 27. The van der Waals surface area contributed by atoms with Gasteiger partial charge in [0.05, 0.1) is 26.0 Å². The number of aromatic nitrogens is 1. The third-order valence-corrected chi connectivity index (χ3v) is 27.9. The molecule has 0 radical (unpaired) electrons. The lowest BCUT2D eigenvalue weighted by Gasteiger charge is -2.42. The number of carboxylic acid groups (broad SMARTS) is 1. The standard InChI is InChI=1S/C94H150N34O19S3/c1-51(2)40-64-82(139)113-62(20-12-35-111-94(105)106)80(137)123-69(84(141)116-61(19-11-34-110-93(103)104)79(136)121-67(89(146)147)43-55-44-112-58-16-7-6-14-56(55)58)46-149-38-29-74(131)126-48-125-49-127(50-126)75(132)30-39-150-47-70(85(142)115-59(17-9-32-108-91(99)100)77(134)117-63(81(138)118-64)26-27-72(96)129)124-87(144)71-21-13-36-128(71)88(145)66(41-52(3)4)120-78(135)60(18-10-33-109-92(101)102)114-83(140)65(42-54-24-22-53(5)23-25-54)119-86(143)68(45-148-37-28-73(125)130)122-76(133)57(95)15-8-31-107-90(97)98/h6-7,14,16,22-25,44,51-52,57,59-71,112H,8-13,15,17-21,26-43,45-50,95H2,1-5H3,(H2,96,129)(H,113,139)(H,114,140)(H,115,142)(H,116,141)(H,117,134)(H,118,138)(H,119,143)(H,120,135)(H,121,136)(H,122,133)(H,123,137)(H,124,144)(H,146,147)(H4,97,98,107)(H4,99,100,108)(H4,101,102,109)(H4,103,104,110)(H4,105,106,111)/t57-,59-,60-,61-,62-,63-,64-,65-,66-,67-,68-,69-,70-,71-/m0/s1. The number of carbonyl (C=O) groups is 18. The predicted molar refractivity (Wildman–Crippen MR) is 564 cm³/mol. The fourth-order valence-electron chi connectivity index (χ4n) is 16.8. The molecule has 3 aromatic rings. The largest absolute Gasteiger partial charge is 0.480 e. The number of fused-ring (bicyclic) bond motifs is 9. The van der Waals surface area contributed by atoms with Gasteiger partial charge in [0.2, 0.25) is 100 Å². The highest BCUT2D eigenvalue weighted by molar-refractivity contribution is 7.99. The lowest BCUT2D eigenvalue weighted by atomic mass is 10.00. The Morgan fingerprint density at radius 3 is 1.42 bits per heavy atom. The molecule has 4 bridgehead atoms. The van der Waals surface area contributed by atoms with Gasteiger partial charge in [-0.05, 0) is 132 Å². The number of hydrogen-bond donors (Lipinski definition) is 31. The Hall–Kier alpha value is -14.2. The van der Waals surface area contributed by atoms with E-state index in [2.05, 4.69) is 95.4 Å². The molecule has 14 atom stereocenters. The van der Waals surface area contributed by atoms with Crippen molar-refractivity contribution in [1.29, 1.82) is 27.0 Å². The van der Waals surface area contributed by atoms with Gasteiger partial charge in [-0.25, -0.2) is 4.79 Å². The maximum atomic E-state index is 15.5. The summed E-state index contributed by atoms with van der Waals surface area (Å²) in [5, 5.41) is 95.9. The smallest absolute Gasteiger partial charge is 0.326 e. The molecule has 0 spiro atoms. The average molecular weight is 2160 g/mol. The third kappa shape index (κ3) is 42.8. The maximum absolute atomic E-state index is 15.5. The van der Waals surface area contributed by atoms with Crippen molar-refractivity contribution in [3.63, 3.8) is 0 Å². The number of nitrogens with zero attached hydrogens (tertiary/aromatic N) is 4. The minimum absolute atomic E-state index is 0.00706. The molecule has 38 N–H and O–H groups in total. The summed E-state index contributed by atoms with van der Waals surface area (Å²) in [5.41, 5.74) is 42.8. The van der Waals surface area contributed by atoms with Gasteiger partial charge in [0, 0.05) is 129 Å². The number of amides is 17. The quantitative estimate of drug-likeness (QED) is 0.0144. The molecule has 56 heteroatoms. The van der Waals surface area contributed by atoms with E-state index in [0.717, 1.165) is 40.8 Å². The van der Waals surface area contributed by atoms with Crippen LogP contribution in [0, 0.1) is 45.8 Å². The number of nitrogens with two attached hydrogens (primary N) is 7. The van der Waals surface area contributed by atoms with Crippen LogP contribution < -0.4 is 131 Å². The average Bonchev–Trinajstić information content (AvgIpc) is 1.24. The van der Waals surface area contributed by atoms with Crippen molar-refractivity contribution in [2.75, 3.05) is 93.8 Å². The number of aromatic amines is 1. The van der Waals surface area contributed by atoms with Crippen molar-refractivity contribution in [2.45, 2.75) is 254 Å². The molecule has 4 aliphatic heterocycles. The van der Waals surface area contributed by atoms with Gasteiger partial charge in [0.15, 0.2) is 29.8 Å². The molecule has 5 heterocycles. The van der Waals surface area contributed by atoms with Gasteiger partial charge in [0.25, 0.3) is 0 Å². The number of guanidine groups is 5. The van der Waals surface area contributed by atoms with Gasteiger partial charge in [0.1, 0.15) is 78.5 Å². The van der Waals surface area contributed by atoms with Gasteiger partial charge >= 0.3 is 5.97 Å². The zero-order chi connectivity index (χ0) is 110. The van der Waals surface area contributed by atoms with Gasteiger partial charge < -0.3 is 160 Å². The molecule has 4 fully saturated rings. The van der Waals surface area contributed by atoms with E-state index in [-0.39, 0.29) is 183 Å². The summed E-state index contributed by atoms with van der Waals surface area (Å²) in [4.78, 5) is 277. The summed E-state index contributed by atoms with van der Waals surface area (Å²) >= 11 is 2.86. The number of aliphatic carboxylic acids is 1. The summed E-state index contributed by atoms with van der Waals surface area (Å²) in [7, 11) is 0. The number of aryl methyl sites for hydroxylation is 1. The second kappa shape index (κ2) is 62.9. The molecular formula is C94H150N34O19S3. The van der Waals surface area contributed by atoms with Crippen molar-refractivity contribution in [1.82, 2.24) is 115 Å². The van der Waals surface area contributed by atoms with Crippen LogP contribution in [0.4, 0.5) is 0 Å². The molecule has 17 amide bonds. The number of carbonyl (C=O) groups excluding carboxylic acids is 17. The van der Waals surface area contributed by atoms with Crippen molar-refractivity contribution >= 4 is 182 Å². The van der Waals surface area contributed by atoms with Crippen LogP contribution in [0.5, 0.6) is 0 Å². The Bertz CT molecular complexity index is 5210. The first-order chi connectivity index (χ1) is 71.2. The molecule has 4 aliphatic rings. The maximum Gasteiger partial charge on any atom is 0.326 e. The predicted octanol–water partition coefficient (Wildman–Crippen LogP) is -6.07. The van der Waals surface area contributed by atoms with E-state index in [0.29, 0.717) is 22.0 Å². The zero-order valence-electron chi connectivity index (χ0n) is 85.2. The third-order valence-electron chi connectivity index (χ3n) is 24.8. The van der Waals surface area contributed by atoms with Crippen LogP contribution in [-0.2, 0) is 99.1 Å². The highest BCUT2D eigenvalue weighted by Crippen LogP contribution is 2.26. The van der Waals surface area contributed by atoms with Crippen molar-refractivity contribution < 1.29 is 91.4 Å². The number of H-pyrrole nitrogens is 1. The summed E-state index contributed by atoms with van der Waals surface area (Å²) in [5.74, 6) is -21.7. The summed E-state index contributed by atoms with van der Waals surface area (Å²) in [6.45, 7) is 7.24. The zero-order valence-corrected chi connectivity index (χ0v) is 87.7. The van der Waals surface area contributed by atoms with E-state index in [1.54, 1.807) is 82.4 Å². The molecule has 150 heavy (non-hydrogen) atoms. The number of rotatable bonds is 38. The van der Waals surface area contributed by atoms with Crippen LogP contribution >= 0.6 is 35.3 Å². The van der Waals surface area contributed by atoms with Crippen LogP contribution in [0.1, 0.15) is 166 Å². The van der Waals surface area contributed by atoms with Gasteiger partial charge in [-0.1, -0.05) is 75.7 Å². The van der Waals surface area contributed by atoms with Gasteiger partial charge in [-0.2, -0.15) is 35.3 Å². The molecule has 53 nitrogen and oxygen atoms in total. The fourth-order valence-corrected chi connectivity index (χ4v) is 19.7. The number of primary amides is 1. The SMILES string of the molecule is Cc1ccc(C[C@@H]2NC(=O)[C@@H](NC(=O)[C@@H](N)CCCNC(=N)N)CSCCC(=O)N3CN4CN(C3)C(=O)CCSC[C@H](NC(=O)[C@@H]3CCCN3C(=O)[C@H](CC(C)C)NC(=O)[C@H](CCCNC(=N)N)NC2=O)C(=O)N[C@@H](CCCNC(=N)N)C(=O)N[C@@H](CCC(N)=O)C(=O)N[C@@H](CC(C)C)C(=O)N[C@@H](CCCNC(=N)N)C(=O)N[C@H](C(=O)N[C@@H](CCCNC(=N)N)C(=O)N[C@@H](Cc2c[nH]c3ccccc23)C(=O)O)CSCCC4=O)cc1. The Balaban J connectivity index is 1.38. The van der Waals surface area contributed by atoms with E-state index in [4.69, 9.17) is 67.2 Å². The Kier molecular flexibility index (Phi) is 51.5. The number of para-hydroxylation sites is 1. The molecule has 1 aromatic heterocycles. The van der Waals surface area contributed by atoms with Crippen LogP contribution in [0.2, 0.25) is 0 Å². The normalized spacial score (nSPS) is 22.2. The van der Waals surface area contributed by atoms with Gasteiger partial charge in [-0.3, -0.25) is 109 Å². The number of thioether (sulfide) groups is 3. The number of nitrogens with one attached hydrogen (secondary N) is 23. The van der Waals surface area contributed by atoms with Crippen molar-refractivity contribution in [3.05, 3.63) is 71.4 Å². The summed E-state index contributed by atoms with van der Waals surface area (Å²) < 4.78 is 0. The minimum Gasteiger partial charge on any atom is -0.480 e. The van der Waals surface area contributed by atoms with Crippen LogP contribution in [0.25, 0.3) is 10.9 Å². The number of carboxylic acids is 1. The fraction of sp³-hybridized carbons (Fsp3) is 0.606. The molecule has 7 rings (SSSR count). The molecule has 0 saturated carbocycles. The van der Waals surface area contributed by atoms with E-state index >= 15 is 67.1 Å². The lowest BCUT2D eigenvalue weighted by Crippen LogP contribution is -2.61. The second-order valence-electron chi connectivity index (χ2n) is 38.0. The Labute approximate surface area is 882 Å².